The van der Waals surface area contributed by atoms with Crippen molar-refractivity contribution in [1.29, 1.82) is 0 Å². The summed E-state index contributed by atoms with van der Waals surface area (Å²) in [5, 5.41) is 4.99. The first-order valence-electron chi connectivity index (χ1n) is 7.07. The quantitative estimate of drug-likeness (QED) is 0.454. The summed E-state index contributed by atoms with van der Waals surface area (Å²) in [7, 11) is 0. The van der Waals surface area contributed by atoms with E-state index in [2.05, 4.69) is 10.6 Å². The van der Waals surface area contributed by atoms with Crippen LogP contribution < -0.4 is 10.6 Å². The highest BCUT2D eigenvalue weighted by Crippen LogP contribution is 2.10. The minimum Gasteiger partial charge on any atom is -0.354 e. The van der Waals surface area contributed by atoms with E-state index >= 15 is 0 Å². The molecule has 0 aliphatic carbocycles. The molecular weight excluding hydrogens is 292 g/mol. The molecule has 0 aromatic rings. The van der Waals surface area contributed by atoms with Crippen molar-refractivity contribution in [2.75, 3.05) is 19.6 Å². The van der Waals surface area contributed by atoms with Crippen molar-refractivity contribution in [3.63, 3.8) is 0 Å². The largest absolute Gasteiger partial charge is 0.354 e. The first kappa shape index (κ1) is 17.6. The fourth-order valence-corrected chi connectivity index (χ4v) is 1.87. The van der Waals surface area contributed by atoms with Gasteiger partial charge in [0.2, 0.25) is 11.8 Å². The Bertz CT molecular complexity index is 505. The molecule has 0 saturated carbocycles. The lowest BCUT2D eigenvalue weighted by molar-refractivity contribution is -0.144. The summed E-state index contributed by atoms with van der Waals surface area (Å²) < 4.78 is 0. The number of carbonyl (C=O) groups is 5. The van der Waals surface area contributed by atoms with Crippen LogP contribution in [0.4, 0.5) is 4.79 Å². The molecule has 1 aliphatic rings. The molecule has 0 bridgehead atoms. The van der Waals surface area contributed by atoms with E-state index in [1.165, 1.54) is 6.92 Å². The van der Waals surface area contributed by atoms with Gasteiger partial charge in [-0.2, -0.15) is 0 Å². The van der Waals surface area contributed by atoms with E-state index in [9.17, 15) is 24.0 Å². The Kier molecular flexibility index (Phi) is 6.02. The van der Waals surface area contributed by atoms with Crippen LogP contribution in [0, 0.1) is 0 Å². The third kappa shape index (κ3) is 3.80. The Morgan fingerprint density at radius 1 is 1.09 bits per heavy atom. The molecule has 22 heavy (non-hydrogen) atoms. The number of amides is 6. The lowest BCUT2D eigenvalue weighted by Gasteiger charge is -2.17. The third-order valence-electron chi connectivity index (χ3n) is 3.07. The second-order valence-corrected chi connectivity index (χ2v) is 4.80. The van der Waals surface area contributed by atoms with Gasteiger partial charge in [0.1, 0.15) is 12.6 Å². The zero-order chi connectivity index (χ0) is 16.9. The summed E-state index contributed by atoms with van der Waals surface area (Å²) in [6.45, 7) is 4.88. The Balaban J connectivity index is 2.58. The van der Waals surface area contributed by atoms with Gasteiger partial charge in [-0.05, 0) is 20.3 Å². The second-order valence-electron chi connectivity index (χ2n) is 4.80. The number of carbonyl (C=O) groups excluding carboxylic acids is 5. The monoisotopic (exact) mass is 312 g/mol. The van der Waals surface area contributed by atoms with Gasteiger partial charge in [-0.1, -0.05) is 6.92 Å². The molecule has 1 rings (SSSR count). The zero-order valence-electron chi connectivity index (χ0n) is 12.8. The van der Waals surface area contributed by atoms with Gasteiger partial charge in [-0.25, -0.2) is 9.69 Å². The molecule has 0 unspecified atom stereocenters. The summed E-state index contributed by atoms with van der Waals surface area (Å²) in [5.41, 5.74) is 0. The number of hydrogen-bond acceptors (Lipinski definition) is 5. The molecule has 122 valence electrons. The molecule has 6 amide bonds. The van der Waals surface area contributed by atoms with Crippen molar-refractivity contribution in [3.8, 4) is 0 Å². The fourth-order valence-electron chi connectivity index (χ4n) is 1.87. The Morgan fingerprint density at radius 2 is 1.68 bits per heavy atom. The predicted octanol–water partition coefficient (Wildman–Crippen LogP) is -1.17. The number of imide groups is 2. The molecule has 1 saturated heterocycles. The highest BCUT2D eigenvalue weighted by molar-refractivity contribution is 6.45. The number of likely N-dealkylation sites (N-methyl/N-ethyl adjacent to an activating group) is 1. The minimum absolute atomic E-state index is 0.0529. The number of nitrogens with one attached hydrogen (secondary N) is 2. The maximum Gasteiger partial charge on any atom is 0.334 e. The molecule has 9 heteroatoms. The Hall–Kier alpha value is -2.45. The van der Waals surface area contributed by atoms with Crippen molar-refractivity contribution >= 4 is 29.7 Å². The van der Waals surface area contributed by atoms with E-state index in [0.29, 0.717) is 11.4 Å². The van der Waals surface area contributed by atoms with Crippen LogP contribution in [0.2, 0.25) is 0 Å². The predicted molar refractivity (Wildman–Crippen MR) is 75.4 cm³/mol. The smallest absolute Gasteiger partial charge is 0.334 e. The van der Waals surface area contributed by atoms with Gasteiger partial charge in [0.05, 0.1) is 0 Å². The average Bonchev–Trinajstić information content (AvgIpc) is 2.68. The minimum atomic E-state index is -1.04. The SMILES string of the molecule is CCCNC(=O)[C@@H](C)NC(=O)CN1C(=O)C(=O)N(CC)C1=O. The van der Waals surface area contributed by atoms with Crippen molar-refractivity contribution in [2.45, 2.75) is 33.2 Å². The Morgan fingerprint density at radius 3 is 2.18 bits per heavy atom. The molecule has 2 N–H and O–H groups in total. The fraction of sp³-hybridized carbons (Fsp3) is 0.615. The Labute approximate surface area is 128 Å². The number of nitrogens with zero attached hydrogens (tertiary/aromatic N) is 2. The normalized spacial score (nSPS) is 16.0. The van der Waals surface area contributed by atoms with E-state index < -0.39 is 36.3 Å². The summed E-state index contributed by atoms with van der Waals surface area (Å²) in [6.07, 6.45) is 0.762. The summed E-state index contributed by atoms with van der Waals surface area (Å²) in [4.78, 5) is 59.7. The van der Waals surface area contributed by atoms with Crippen LogP contribution in [-0.2, 0) is 19.2 Å². The zero-order valence-corrected chi connectivity index (χ0v) is 12.8. The molecule has 1 fully saturated rings. The van der Waals surface area contributed by atoms with Crippen LogP contribution in [0.3, 0.4) is 0 Å². The standard InChI is InChI=1S/C13H20N4O5/c1-4-6-14-10(19)8(3)15-9(18)7-17-12(21)11(20)16(5-2)13(17)22/h8H,4-7H2,1-3H3,(H,14,19)(H,15,18)/t8-/m1/s1. The van der Waals surface area contributed by atoms with E-state index in [1.807, 2.05) is 6.92 Å². The van der Waals surface area contributed by atoms with E-state index in [0.717, 1.165) is 11.3 Å². The first-order valence-corrected chi connectivity index (χ1v) is 7.07. The van der Waals surface area contributed by atoms with Crippen molar-refractivity contribution in [2.24, 2.45) is 0 Å². The van der Waals surface area contributed by atoms with Crippen LogP contribution in [0.1, 0.15) is 27.2 Å². The summed E-state index contributed by atoms with van der Waals surface area (Å²) in [5.74, 6) is -3.04. The van der Waals surface area contributed by atoms with Gasteiger partial charge in [0.25, 0.3) is 0 Å². The maximum atomic E-state index is 11.8. The average molecular weight is 312 g/mol. The first-order chi connectivity index (χ1) is 10.3. The molecule has 1 atom stereocenters. The van der Waals surface area contributed by atoms with Crippen LogP contribution >= 0.6 is 0 Å². The van der Waals surface area contributed by atoms with E-state index in [4.69, 9.17) is 0 Å². The van der Waals surface area contributed by atoms with Crippen LogP contribution in [-0.4, -0.2) is 65.1 Å². The van der Waals surface area contributed by atoms with Gasteiger partial charge >= 0.3 is 17.8 Å². The molecule has 0 spiro atoms. The van der Waals surface area contributed by atoms with Gasteiger partial charge in [0.15, 0.2) is 0 Å². The second kappa shape index (κ2) is 7.53. The van der Waals surface area contributed by atoms with Crippen LogP contribution in [0.15, 0.2) is 0 Å². The van der Waals surface area contributed by atoms with E-state index in [1.54, 1.807) is 6.92 Å². The maximum absolute atomic E-state index is 11.8. The number of urea groups is 1. The molecule has 0 radical (unpaired) electrons. The van der Waals surface area contributed by atoms with Crippen LogP contribution in [0.5, 0.6) is 0 Å². The highest BCUT2D eigenvalue weighted by Gasteiger charge is 2.44. The number of rotatable bonds is 7. The lowest BCUT2D eigenvalue weighted by atomic mass is 10.3. The molecule has 1 heterocycles. The molecule has 0 aromatic carbocycles. The number of hydrogen-bond donors (Lipinski definition) is 2. The molecule has 0 aromatic heterocycles. The molecule has 9 nitrogen and oxygen atoms in total. The van der Waals surface area contributed by atoms with Crippen molar-refractivity contribution in [1.82, 2.24) is 20.4 Å². The van der Waals surface area contributed by atoms with Crippen molar-refractivity contribution < 1.29 is 24.0 Å². The third-order valence-corrected chi connectivity index (χ3v) is 3.07. The summed E-state index contributed by atoms with van der Waals surface area (Å²) >= 11 is 0. The van der Waals surface area contributed by atoms with E-state index in [-0.39, 0.29) is 12.5 Å². The van der Waals surface area contributed by atoms with Crippen LogP contribution in [0.25, 0.3) is 0 Å². The van der Waals surface area contributed by atoms with Gasteiger partial charge in [0, 0.05) is 13.1 Å². The van der Waals surface area contributed by atoms with Gasteiger partial charge in [-0.15, -0.1) is 0 Å². The van der Waals surface area contributed by atoms with Gasteiger partial charge < -0.3 is 10.6 Å². The topological polar surface area (TPSA) is 116 Å². The van der Waals surface area contributed by atoms with Gasteiger partial charge in [-0.3, -0.25) is 24.1 Å². The molecular formula is C13H20N4O5. The molecule has 1 aliphatic heterocycles. The summed E-state index contributed by atoms with van der Waals surface area (Å²) in [6, 6.07) is -1.62. The highest BCUT2D eigenvalue weighted by atomic mass is 16.2. The lowest BCUT2D eigenvalue weighted by Crippen LogP contribution is -2.49. The van der Waals surface area contributed by atoms with Crippen molar-refractivity contribution in [3.05, 3.63) is 0 Å².